The van der Waals surface area contributed by atoms with Crippen LogP contribution < -0.4 is 5.73 Å². The largest absolute Gasteiger partial charge is 0.324 e. The minimum absolute atomic E-state index is 0.127. The molecule has 1 atom stereocenters. The summed E-state index contributed by atoms with van der Waals surface area (Å²) in [4.78, 5) is 0. The Balaban J connectivity index is 2.80. The fraction of sp³-hybridized carbons (Fsp3) is 0.500. The molecule has 0 saturated carbocycles. The molecule has 78 valence electrons. The summed E-state index contributed by atoms with van der Waals surface area (Å²) in [5.41, 5.74) is 6.68. The summed E-state index contributed by atoms with van der Waals surface area (Å²) in [5.74, 6) is -0.204. The first-order chi connectivity index (χ1) is 6.40. The number of nitrogens with two attached hydrogens (primary N) is 1. The molecule has 0 amide bonds. The van der Waals surface area contributed by atoms with Crippen LogP contribution in [0.1, 0.15) is 38.8 Å². The van der Waals surface area contributed by atoms with Gasteiger partial charge in [-0.15, -0.1) is 0 Å². The van der Waals surface area contributed by atoms with Crippen molar-refractivity contribution in [3.63, 3.8) is 0 Å². The lowest BCUT2D eigenvalue weighted by Gasteiger charge is -2.23. The summed E-state index contributed by atoms with van der Waals surface area (Å²) < 4.78 is 13.3. The van der Waals surface area contributed by atoms with Crippen LogP contribution in [-0.4, -0.2) is 0 Å². The Hall–Kier alpha value is -0.890. The molecule has 0 fully saturated rings. The lowest BCUT2D eigenvalue weighted by Crippen LogP contribution is -2.19. The quantitative estimate of drug-likeness (QED) is 0.770. The molecule has 1 unspecified atom stereocenters. The number of hydrogen-bond donors (Lipinski definition) is 1. The Kier molecular flexibility index (Phi) is 3.27. The van der Waals surface area contributed by atoms with Crippen LogP contribution in [0, 0.1) is 11.2 Å². The predicted octanol–water partition coefficient (Wildman–Crippen LogP) is 3.26. The standard InChI is InChI=1S/C12H18FN/c1-12(2,3)8-11(14)9-6-4-5-7-10(9)13/h4-7,11H,8,14H2,1-3H3. The fourth-order valence-corrected chi connectivity index (χ4v) is 1.55. The van der Waals surface area contributed by atoms with E-state index >= 15 is 0 Å². The molecule has 0 saturated heterocycles. The van der Waals surface area contributed by atoms with Crippen LogP contribution in [0.25, 0.3) is 0 Å². The van der Waals surface area contributed by atoms with E-state index in [0.29, 0.717) is 5.56 Å². The Morgan fingerprint density at radius 2 is 1.86 bits per heavy atom. The minimum atomic E-state index is -0.212. The molecule has 2 N–H and O–H groups in total. The Labute approximate surface area is 85.1 Å². The third-order valence-electron chi connectivity index (χ3n) is 2.14. The van der Waals surface area contributed by atoms with E-state index in [0.717, 1.165) is 6.42 Å². The number of benzene rings is 1. The van der Waals surface area contributed by atoms with Crippen molar-refractivity contribution in [1.29, 1.82) is 0 Å². The number of halogens is 1. The first kappa shape index (κ1) is 11.2. The van der Waals surface area contributed by atoms with Crippen molar-refractivity contribution >= 4 is 0 Å². The van der Waals surface area contributed by atoms with Crippen LogP contribution >= 0.6 is 0 Å². The molecule has 1 aromatic rings. The van der Waals surface area contributed by atoms with Crippen molar-refractivity contribution in [2.45, 2.75) is 33.2 Å². The van der Waals surface area contributed by atoms with Gasteiger partial charge in [0.15, 0.2) is 0 Å². The molecule has 0 aliphatic carbocycles. The average Bonchev–Trinajstić information content (AvgIpc) is 2.01. The van der Waals surface area contributed by atoms with E-state index in [1.165, 1.54) is 6.07 Å². The Morgan fingerprint density at radius 1 is 1.29 bits per heavy atom. The molecule has 0 aliphatic heterocycles. The first-order valence-corrected chi connectivity index (χ1v) is 4.90. The fourth-order valence-electron chi connectivity index (χ4n) is 1.55. The Morgan fingerprint density at radius 3 is 2.36 bits per heavy atom. The summed E-state index contributed by atoms with van der Waals surface area (Å²) in [6.45, 7) is 6.31. The third kappa shape index (κ3) is 3.11. The van der Waals surface area contributed by atoms with Crippen molar-refractivity contribution in [3.8, 4) is 0 Å². The Bertz CT molecular complexity index is 301. The van der Waals surface area contributed by atoms with Crippen LogP contribution in [0.2, 0.25) is 0 Å². The average molecular weight is 195 g/mol. The van der Waals surface area contributed by atoms with E-state index in [1.807, 2.05) is 6.07 Å². The molecule has 0 heterocycles. The van der Waals surface area contributed by atoms with Gasteiger partial charge in [0, 0.05) is 11.6 Å². The molecule has 0 bridgehead atoms. The summed E-state index contributed by atoms with van der Waals surface area (Å²) in [6, 6.07) is 6.50. The van der Waals surface area contributed by atoms with Crippen molar-refractivity contribution in [1.82, 2.24) is 0 Å². The van der Waals surface area contributed by atoms with Crippen LogP contribution in [0.15, 0.2) is 24.3 Å². The lowest BCUT2D eigenvalue weighted by atomic mass is 9.86. The molecule has 14 heavy (non-hydrogen) atoms. The van der Waals surface area contributed by atoms with Crippen LogP contribution in [-0.2, 0) is 0 Å². The van der Waals surface area contributed by atoms with E-state index in [2.05, 4.69) is 20.8 Å². The van der Waals surface area contributed by atoms with Gasteiger partial charge in [-0.2, -0.15) is 0 Å². The van der Waals surface area contributed by atoms with E-state index in [9.17, 15) is 4.39 Å². The highest BCUT2D eigenvalue weighted by molar-refractivity contribution is 5.20. The van der Waals surface area contributed by atoms with E-state index < -0.39 is 0 Å². The highest BCUT2D eigenvalue weighted by atomic mass is 19.1. The highest BCUT2D eigenvalue weighted by Gasteiger charge is 2.18. The molecular weight excluding hydrogens is 177 g/mol. The van der Waals surface area contributed by atoms with Gasteiger partial charge in [0.25, 0.3) is 0 Å². The molecule has 0 spiro atoms. The van der Waals surface area contributed by atoms with E-state index in [4.69, 9.17) is 5.73 Å². The summed E-state index contributed by atoms with van der Waals surface area (Å²) in [7, 11) is 0. The predicted molar refractivity (Wildman–Crippen MR) is 57.4 cm³/mol. The number of rotatable bonds is 2. The van der Waals surface area contributed by atoms with Gasteiger partial charge in [-0.25, -0.2) is 4.39 Å². The van der Waals surface area contributed by atoms with Gasteiger partial charge in [-0.05, 0) is 17.9 Å². The maximum atomic E-state index is 13.3. The molecule has 0 aromatic heterocycles. The van der Waals surface area contributed by atoms with Gasteiger partial charge >= 0.3 is 0 Å². The van der Waals surface area contributed by atoms with Gasteiger partial charge in [0.2, 0.25) is 0 Å². The molecule has 0 radical (unpaired) electrons. The first-order valence-electron chi connectivity index (χ1n) is 4.90. The third-order valence-corrected chi connectivity index (χ3v) is 2.14. The van der Waals surface area contributed by atoms with Gasteiger partial charge in [0.1, 0.15) is 5.82 Å². The monoisotopic (exact) mass is 195 g/mol. The second-order valence-electron chi connectivity index (χ2n) is 4.89. The van der Waals surface area contributed by atoms with E-state index in [1.54, 1.807) is 12.1 Å². The van der Waals surface area contributed by atoms with Crippen LogP contribution in [0.5, 0.6) is 0 Å². The summed E-state index contributed by atoms with van der Waals surface area (Å²) in [5, 5.41) is 0. The van der Waals surface area contributed by atoms with Gasteiger partial charge in [-0.3, -0.25) is 0 Å². The molecule has 1 rings (SSSR count). The normalized spacial score (nSPS) is 14.1. The molecule has 2 heteroatoms. The molecular formula is C12H18FN. The number of hydrogen-bond acceptors (Lipinski definition) is 1. The van der Waals surface area contributed by atoms with Crippen molar-refractivity contribution in [2.24, 2.45) is 11.1 Å². The maximum Gasteiger partial charge on any atom is 0.127 e. The van der Waals surface area contributed by atoms with Crippen LogP contribution in [0.4, 0.5) is 4.39 Å². The van der Waals surface area contributed by atoms with E-state index in [-0.39, 0.29) is 17.3 Å². The van der Waals surface area contributed by atoms with Crippen molar-refractivity contribution < 1.29 is 4.39 Å². The zero-order chi connectivity index (χ0) is 10.8. The SMILES string of the molecule is CC(C)(C)CC(N)c1ccccc1F. The van der Waals surface area contributed by atoms with Crippen molar-refractivity contribution in [3.05, 3.63) is 35.6 Å². The molecule has 0 aliphatic rings. The van der Waals surface area contributed by atoms with Gasteiger partial charge in [0.05, 0.1) is 0 Å². The smallest absolute Gasteiger partial charge is 0.127 e. The summed E-state index contributed by atoms with van der Waals surface area (Å²) in [6.07, 6.45) is 0.786. The maximum absolute atomic E-state index is 13.3. The molecule has 1 nitrogen and oxygen atoms in total. The zero-order valence-corrected chi connectivity index (χ0v) is 9.05. The second-order valence-corrected chi connectivity index (χ2v) is 4.89. The minimum Gasteiger partial charge on any atom is -0.324 e. The van der Waals surface area contributed by atoms with Gasteiger partial charge < -0.3 is 5.73 Å². The lowest BCUT2D eigenvalue weighted by molar-refractivity contribution is 0.339. The summed E-state index contributed by atoms with van der Waals surface area (Å²) >= 11 is 0. The molecule has 1 aromatic carbocycles. The van der Waals surface area contributed by atoms with Crippen molar-refractivity contribution in [2.75, 3.05) is 0 Å². The highest BCUT2D eigenvalue weighted by Crippen LogP contribution is 2.28. The van der Waals surface area contributed by atoms with Crippen LogP contribution in [0.3, 0.4) is 0 Å². The second kappa shape index (κ2) is 4.09. The zero-order valence-electron chi connectivity index (χ0n) is 9.05. The topological polar surface area (TPSA) is 26.0 Å². The van der Waals surface area contributed by atoms with Gasteiger partial charge in [-0.1, -0.05) is 39.0 Å².